The molecule has 0 unspecified atom stereocenters. The van der Waals surface area contributed by atoms with Gasteiger partial charge in [0.1, 0.15) is 0 Å². The second kappa shape index (κ2) is 4.45. The van der Waals surface area contributed by atoms with Crippen molar-refractivity contribution in [2.45, 2.75) is 35.5 Å². The summed E-state index contributed by atoms with van der Waals surface area (Å²) in [5.74, 6) is 0.815. The van der Waals surface area contributed by atoms with Crippen molar-refractivity contribution in [3.63, 3.8) is 0 Å². The highest BCUT2D eigenvalue weighted by Gasteiger charge is 2.23. The number of benzene rings is 1. The molecule has 70 valence electrons. The highest BCUT2D eigenvalue weighted by molar-refractivity contribution is 14.1. The lowest BCUT2D eigenvalue weighted by Crippen LogP contribution is -2.16. The predicted octanol–water partition coefficient (Wildman–Crippen LogP) is 4.15. The molecule has 13 heavy (non-hydrogen) atoms. The van der Waals surface area contributed by atoms with Gasteiger partial charge in [-0.15, -0.1) is 0 Å². The van der Waals surface area contributed by atoms with Crippen LogP contribution in [-0.2, 0) is 0 Å². The Kier molecular flexibility index (Phi) is 3.25. The average Bonchev–Trinajstić information content (AvgIpc) is 2.20. The first-order valence-corrected chi connectivity index (χ1v) is 6.31. The Morgan fingerprint density at radius 3 is 2.38 bits per heavy atom. The summed E-state index contributed by atoms with van der Waals surface area (Å²) in [6.07, 6.45) is 5.63. The van der Waals surface area contributed by atoms with Crippen molar-refractivity contribution >= 4 is 22.6 Å². The van der Waals surface area contributed by atoms with E-state index in [1.54, 1.807) is 5.56 Å². The first kappa shape index (κ1) is 9.50. The van der Waals surface area contributed by atoms with Crippen LogP contribution in [0.5, 0.6) is 0 Å². The fourth-order valence-electron chi connectivity index (χ4n) is 2.16. The molecule has 0 radical (unpaired) electrons. The number of alkyl halides is 1. The highest BCUT2D eigenvalue weighted by atomic mass is 127. The molecule has 2 atom stereocenters. The van der Waals surface area contributed by atoms with Crippen LogP contribution in [0.25, 0.3) is 0 Å². The van der Waals surface area contributed by atoms with Crippen molar-refractivity contribution in [1.29, 1.82) is 0 Å². The monoisotopic (exact) mass is 286 g/mol. The number of hydrogen-bond acceptors (Lipinski definition) is 0. The van der Waals surface area contributed by atoms with Crippen LogP contribution in [0.2, 0.25) is 0 Å². The van der Waals surface area contributed by atoms with Crippen LogP contribution in [0.15, 0.2) is 30.3 Å². The van der Waals surface area contributed by atoms with Gasteiger partial charge in [0.25, 0.3) is 0 Å². The third-order valence-electron chi connectivity index (χ3n) is 2.91. The minimum Gasteiger partial charge on any atom is -0.0820 e. The number of rotatable bonds is 1. The maximum Gasteiger partial charge on any atom is 0.0178 e. The molecule has 1 aliphatic rings. The van der Waals surface area contributed by atoms with Crippen LogP contribution in [-0.4, -0.2) is 3.92 Å². The van der Waals surface area contributed by atoms with Crippen LogP contribution in [0.1, 0.15) is 37.2 Å². The van der Waals surface area contributed by atoms with Crippen LogP contribution in [0, 0.1) is 0 Å². The average molecular weight is 286 g/mol. The zero-order valence-corrected chi connectivity index (χ0v) is 9.91. The first-order valence-electron chi connectivity index (χ1n) is 5.07. The molecule has 0 bridgehead atoms. The molecular weight excluding hydrogens is 271 g/mol. The third-order valence-corrected chi connectivity index (χ3v) is 4.40. The van der Waals surface area contributed by atoms with Crippen LogP contribution in [0.3, 0.4) is 0 Å². The van der Waals surface area contributed by atoms with E-state index >= 15 is 0 Å². The van der Waals surface area contributed by atoms with Crippen molar-refractivity contribution in [1.82, 2.24) is 0 Å². The summed E-state index contributed by atoms with van der Waals surface area (Å²) in [6, 6.07) is 11.0. The van der Waals surface area contributed by atoms with Crippen LogP contribution in [0.4, 0.5) is 0 Å². The largest absolute Gasteiger partial charge is 0.0820 e. The van der Waals surface area contributed by atoms with Crippen molar-refractivity contribution < 1.29 is 0 Å². The second-order valence-corrected chi connectivity index (χ2v) is 5.42. The Hall–Kier alpha value is -0.0500. The standard InChI is InChI=1S/C12H15I/c13-12-9-5-4-8-11(12)10-6-2-1-3-7-10/h1-3,6-7,11-12H,4-5,8-9H2/t11-,12-/m1/s1. The molecule has 0 aromatic heterocycles. The molecule has 1 heteroatoms. The van der Waals surface area contributed by atoms with Crippen LogP contribution >= 0.6 is 22.6 Å². The Morgan fingerprint density at radius 1 is 1.00 bits per heavy atom. The van der Waals surface area contributed by atoms with Crippen molar-refractivity contribution in [2.24, 2.45) is 0 Å². The summed E-state index contributed by atoms with van der Waals surface area (Å²) >= 11 is 2.62. The molecule has 0 saturated heterocycles. The van der Waals surface area contributed by atoms with Gasteiger partial charge in [-0.25, -0.2) is 0 Å². The predicted molar refractivity (Wildman–Crippen MR) is 65.5 cm³/mol. The molecule has 1 aromatic carbocycles. The Labute approximate surface area is 93.9 Å². The van der Waals surface area contributed by atoms with E-state index in [2.05, 4.69) is 52.9 Å². The van der Waals surface area contributed by atoms with Gasteiger partial charge < -0.3 is 0 Å². The van der Waals surface area contributed by atoms with Gasteiger partial charge in [0.2, 0.25) is 0 Å². The lowest BCUT2D eigenvalue weighted by Gasteiger charge is -2.27. The molecule has 0 aliphatic heterocycles. The van der Waals surface area contributed by atoms with E-state index in [4.69, 9.17) is 0 Å². The molecule has 0 N–H and O–H groups in total. The molecule has 1 aromatic rings. The topological polar surface area (TPSA) is 0 Å². The van der Waals surface area contributed by atoms with Crippen LogP contribution < -0.4 is 0 Å². The summed E-state index contributed by atoms with van der Waals surface area (Å²) in [5, 5.41) is 0. The molecule has 0 nitrogen and oxygen atoms in total. The molecule has 0 amide bonds. The van der Waals surface area contributed by atoms with E-state index in [0.29, 0.717) is 0 Å². The maximum atomic E-state index is 2.62. The Balaban J connectivity index is 2.15. The van der Waals surface area contributed by atoms with Gasteiger partial charge in [0, 0.05) is 3.92 Å². The lowest BCUT2D eigenvalue weighted by atomic mass is 9.84. The Bertz CT molecular complexity index is 255. The van der Waals surface area contributed by atoms with E-state index in [-0.39, 0.29) is 0 Å². The molecule has 2 rings (SSSR count). The smallest absolute Gasteiger partial charge is 0.0178 e. The highest BCUT2D eigenvalue weighted by Crippen LogP contribution is 2.37. The van der Waals surface area contributed by atoms with Crippen molar-refractivity contribution in [2.75, 3.05) is 0 Å². The SMILES string of the molecule is I[C@@H]1CCCC[C@@H]1c1ccccc1. The van der Waals surface area contributed by atoms with Gasteiger partial charge >= 0.3 is 0 Å². The van der Waals surface area contributed by atoms with E-state index in [1.807, 2.05) is 0 Å². The van der Waals surface area contributed by atoms with E-state index in [0.717, 1.165) is 9.84 Å². The summed E-state index contributed by atoms with van der Waals surface area (Å²) in [4.78, 5) is 0. The zero-order chi connectivity index (χ0) is 9.10. The van der Waals surface area contributed by atoms with Gasteiger partial charge in [0.15, 0.2) is 0 Å². The maximum absolute atomic E-state index is 2.62. The lowest BCUT2D eigenvalue weighted by molar-refractivity contribution is 0.467. The van der Waals surface area contributed by atoms with E-state index in [1.165, 1.54) is 25.7 Å². The summed E-state index contributed by atoms with van der Waals surface area (Å²) in [5.41, 5.74) is 1.54. The van der Waals surface area contributed by atoms with Gasteiger partial charge in [-0.2, -0.15) is 0 Å². The molecule has 0 spiro atoms. The minimum absolute atomic E-state index is 0.815. The first-order chi connectivity index (χ1) is 6.38. The fourth-order valence-corrected chi connectivity index (χ4v) is 3.38. The number of halogens is 1. The van der Waals surface area contributed by atoms with Gasteiger partial charge in [-0.1, -0.05) is 65.8 Å². The van der Waals surface area contributed by atoms with Crippen molar-refractivity contribution in [3.05, 3.63) is 35.9 Å². The zero-order valence-electron chi connectivity index (χ0n) is 7.75. The third kappa shape index (κ3) is 2.25. The summed E-state index contributed by atoms with van der Waals surface area (Å²) in [7, 11) is 0. The van der Waals surface area contributed by atoms with E-state index in [9.17, 15) is 0 Å². The molecule has 1 saturated carbocycles. The quantitative estimate of drug-likeness (QED) is 0.537. The molecule has 1 aliphatic carbocycles. The van der Waals surface area contributed by atoms with Gasteiger partial charge in [-0.05, 0) is 24.3 Å². The summed E-state index contributed by atoms with van der Waals surface area (Å²) in [6.45, 7) is 0. The van der Waals surface area contributed by atoms with Crippen molar-refractivity contribution in [3.8, 4) is 0 Å². The van der Waals surface area contributed by atoms with Gasteiger partial charge in [-0.3, -0.25) is 0 Å². The van der Waals surface area contributed by atoms with E-state index < -0.39 is 0 Å². The fraction of sp³-hybridized carbons (Fsp3) is 0.500. The van der Waals surface area contributed by atoms with Gasteiger partial charge in [0.05, 0.1) is 0 Å². The minimum atomic E-state index is 0.815. The normalized spacial score (nSPS) is 28.7. The Morgan fingerprint density at radius 2 is 1.69 bits per heavy atom. The molecule has 0 heterocycles. The second-order valence-electron chi connectivity index (χ2n) is 3.82. The summed E-state index contributed by atoms with van der Waals surface area (Å²) < 4.78 is 0.855. The number of hydrogen-bond donors (Lipinski definition) is 0. The molecular formula is C12H15I. The molecule has 1 fully saturated rings.